The summed E-state index contributed by atoms with van der Waals surface area (Å²) in [5.74, 6) is -0.877. The van der Waals surface area contributed by atoms with E-state index >= 15 is 0 Å². The lowest BCUT2D eigenvalue weighted by molar-refractivity contribution is 0.0718. The van der Waals surface area contributed by atoms with E-state index in [9.17, 15) is 19.1 Å². The predicted molar refractivity (Wildman–Crippen MR) is 116 cm³/mol. The lowest BCUT2D eigenvalue weighted by atomic mass is 9.92. The molecule has 0 saturated heterocycles. The van der Waals surface area contributed by atoms with Crippen molar-refractivity contribution in [1.82, 2.24) is 14.9 Å². The van der Waals surface area contributed by atoms with E-state index in [2.05, 4.69) is 10.3 Å². The molecule has 1 fully saturated rings. The molecule has 0 bridgehead atoms. The molecule has 0 spiro atoms. The van der Waals surface area contributed by atoms with Gasteiger partial charge in [-0.05, 0) is 36.6 Å². The van der Waals surface area contributed by atoms with Crippen LogP contribution >= 0.6 is 0 Å². The van der Waals surface area contributed by atoms with E-state index < -0.39 is 11.9 Å². The van der Waals surface area contributed by atoms with E-state index in [1.54, 1.807) is 37.5 Å². The maximum Gasteiger partial charge on any atom is 0.253 e. The molecule has 6 nitrogen and oxygen atoms in total. The third kappa shape index (κ3) is 4.37. The van der Waals surface area contributed by atoms with E-state index in [-0.39, 0.29) is 28.7 Å². The minimum atomic E-state index is -0.577. The molecule has 1 aromatic carbocycles. The Morgan fingerprint density at radius 3 is 2.74 bits per heavy atom. The highest BCUT2D eigenvalue weighted by molar-refractivity contribution is 6.07. The molecular weight excluding hydrogens is 397 g/mol. The Labute approximate surface area is 180 Å². The molecule has 3 aromatic rings. The van der Waals surface area contributed by atoms with Crippen LogP contribution in [0.25, 0.3) is 10.9 Å². The Balaban J connectivity index is 1.63. The van der Waals surface area contributed by atoms with Gasteiger partial charge in [-0.25, -0.2) is 4.39 Å². The number of pyridine rings is 1. The molecule has 1 saturated carbocycles. The number of aliphatic hydroxyl groups is 1. The third-order valence-electron chi connectivity index (χ3n) is 5.93. The van der Waals surface area contributed by atoms with Crippen molar-refractivity contribution in [3.63, 3.8) is 0 Å². The molecule has 0 radical (unpaired) electrons. The van der Waals surface area contributed by atoms with Gasteiger partial charge in [-0.3, -0.25) is 14.6 Å². The van der Waals surface area contributed by atoms with Gasteiger partial charge in [0.05, 0.1) is 23.2 Å². The summed E-state index contributed by atoms with van der Waals surface area (Å²) >= 11 is 0. The maximum atomic E-state index is 14.7. The predicted octanol–water partition coefficient (Wildman–Crippen LogP) is 3.85. The van der Waals surface area contributed by atoms with Crippen molar-refractivity contribution < 1.29 is 19.1 Å². The number of carbonyl (C=O) groups excluding carboxylic acids is 2. The molecule has 2 heterocycles. The van der Waals surface area contributed by atoms with Gasteiger partial charge in [-0.15, -0.1) is 0 Å². The first-order chi connectivity index (χ1) is 15.0. The molecular formula is C24H26FN3O3. The van der Waals surface area contributed by atoms with Crippen LogP contribution in [0.1, 0.15) is 65.4 Å². The van der Waals surface area contributed by atoms with Crippen molar-refractivity contribution in [3.05, 3.63) is 65.4 Å². The summed E-state index contributed by atoms with van der Waals surface area (Å²) in [4.78, 5) is 29.0. The quantitative estimate of drug-likeness (QED) is 0.590. The SMILES string of the molecule is CCC(=O)c1ccc(Cn2cc(C(=O)N[C@H]3CCCC[C@@H]3O)c3c(F)cccc32)cn1. The normalized spacial score (nSPS) is 18.8. The van der Waals surface area contributed by atoms with E-state index in [4.69, 9.17) is 0 Å². The van der Waals surface area contributed by atoms with Gasteiger partial charge in [0.15, 0.2) is 5.78 Å². The average molecular weight is 423 g/mol. The van der Waals surface area contributed by atoms with Crippen LogP contribution in [0.4, 0.5) is 4.39 Å². The topological polar surface area (TPSA) is 84.2 Å². The van der Waals surface area contributed by atoms with Crippen molar-refractivity contribution in [1.29, 1.82) is 0 Å². The first-order valence-electron chi connectivity index (χ1n) is 10.7. The maximum absolute atomic E-state index is 14.7. The van der Waals surface area contributed by atoms with Crippen molar-refractivity contribution in [2.75, 3.05) is 0 Å². The summed E-state index contributed by atoms with van der Waals surface area (Å²) in [6, 6.07) is 7.91. The summed E-state index contributed by atoms with van der Waals surface area (Å²) in [5.41, 5.74) is 2.10. The van der Waals surface area contributed by atoms with E-state index in [1.165, 1.54) is 6.07 Å². The molecule has 1 aliphatic carbocycles. The van der Waals surface area contributed by atoms with Gasteiger partial charge in [-0.2, -0.15) is 0 Å². The van der Waals surface area contributed by atoms with Gasteiger partial charge in [-0.1, -0.05) is 31.9 Å². The Hall–Kier alpha value is -3.06. The van der Waals surface area contributed by atoms with Gasteiger partial charge in [0.2, 0.25) is 0 Å². The number of aliphatic hydroxyl groups excluding tert-OH is 1. The van der Waals surface area contributed by atoms with Gasteiger partial charge in [0.1, 0.15) is 11.5 Å². The molecule has 162 valence electrons. The van der Waals surface area contributed by atoms with Gasteiger partial charge in [0, 0.05) is 30.7 Å². The molecule has 2 atom stereocenters. The number of amides is 1. The van der Waals surface area contributed by atoms with Gasteiger partial charge < -0.3 is 15.0 Å². The Bertz CT molecular complexity index is 1110. The highest BCUT2D eigenvalue weighted by Gasteiger charge is 2.27. The highest BCUT2D eigenvalue weighted by atomic mass is 19.1. The van der Waals surface area contributed by atoms with E-state index in [0.29, 0.717) is 37.0 Å². The van der Waals surface area contributed by atoms with Crippen molar-refractivity contribution >= 4 is 22.6 Å². The zero-order valence-electron chi connectivity index (χ0n) is 17.5. The second kappa shape index (κ2) is 8.98. The number of carbonyl (C=O) groups is 2. The minimum Gasteiger partial charge on any atom is -0.391 e. The molecule has 2 aromatic heterocycles. The number of aromatic nitrogens is 2. The molecule has 2 N–H and O–H groups in total. The van der Waals surface area contributed by atoms with Crippen LogP contribution in [0, 0.1) is 5.82 Å². The smallest absolute Gasteiger partial charge is 0.253 e. The zero-order chi connectivity index (χ0) is 22.0. The summed E-state index contributed by atoms with van der Waals surface area (Å²) in [5, 5.41) is 13.3. The van der Waals surface area contributed by atoms with Crippen LogP contribution in [0.3, 0.4) is 0 Å². The average Bonchev–Trinajstić information content (AvgIpc) is 3.15. The largest absolute Gasteiger partial charge is 0.391 e. The summed E-state index contributed by atoms with van der Waals surface area (Å²) < 4.78 is 16.5. The van der Waals surface area contributed by atoms with E-state index in [0.717, 1.165) is 18.4 Å². The molecule has 7 heteroatoms. The van der Waals surface area contributed by atoms with Crippen LogP contribution in [-0.4, -0.2) is 38.5 Å². The number of halogens is 1. The number of benzene rings is 1. The first kappa shape index (κ1) is 21.2. The highest BCUT2D eigenvalue weighted by Crippen LogP contribution is 2.26. The van der Waals surface area contributed by atoms with Crippen LogP contribution < -0.4 is 5.32 Å². The molecule has 4 rings (SSSR count). The van der Waals surface area contributed by atoms with Crippen molar-refractivity contribution in [3.8, 4) is 0 Å². The Morgan fingerprint density at radius 2 is 2.03 bits per heavy atom. The zero-order valence-corrected chi connectivity index (χ0v) is 17.5. The number of rotatable bonds is 6. The number of ketones is 1. The first-order valence-corrected chi connectivity index (χ1v) is 10.7. The second-order valence-corrected chi connectivity index (χ2v) is 8.06. The van der Waals surface area contributed by atoms with Crippen LogP contribution in [0.5, 0.6) is 0 Å². The molecule has 1 amide bonds. The molecule has 0 unspecified atom stereocenters. The number of nitrogens with zero attached hydrogens (tertiary/aromatic N) is 2. The fourth-order valence-corrected chi connectivity index (χ4v) is 4.20. The Kier molecular flexibility index (Phi) is 6.13. The molecule has 1 aliphatic rings. The second-order valence-electron chi connectivity index (χ2n) is 8.06. The monoisotopic (exact) mass is 423 g/mol. The number of nitrogens with one attached hydrogen (secondary N) is 1. The van der Waals surface area contributed by atoms with Gasteiger partial charge >= 0.3 is 0 Å². The summed E-state index contributed by atoms with van der Waals surface area (Å²) in [7, 11) is 0. The standard InChI is InChI=1S/C24H26FN3O3/c1-2-21(29)18-11-10-15(12-26-18)13-28-14-16(23-17(25)6-5-8-20(23)28)24(31)27-19-7-3-4-9-22(19)30/h5-6,8,10-12,14,19,22,30H,2-4,7,9,13H2,1H3,(H,27,31)/t19-,22-/m0/s1. The number of hydrogen-bond acceptors (Lipinski definition) is 4. The lowest BCUT2D eigenvalue weighted by Gasteiger charge is -2.28. The van der Waals surface area contributed by atoms with Crippen LogP contribution in [-0.2, 0) is 6.54 Å². The molecule has 31 heavy (non-hydrogen) atoms. The third-order valence-corrected chi connectivity index (χ3v) is 5.93. The molecule has 0 aliphatic heterocycles. The van der Waals surface area contributed by atoms with Crippen molar-refractivity contribution in [2.45, 2.75) is 57.7 Å². The number of hydrogen-bond donors (Lipinski definition) is 2. The Morgan fingerprint density at radius 1 is 1.23 bits per heavy atom. The van der Waals surface area contributed by atoms with Crippen molar-refractivity contribution in [2.24, 2.45) is 0 Å². The summed E-state index contributed by atoms with van der Waals surface area (Å²) in [6.45, 7) is 2.17. The van der Waals surface area contributed by atoms with Gasteiger partial charge in [0.25, 0.3) is 5.91 Å². The fraction of sp³-hybridized carbons (Fsp3) is 0.375. The summed E-state index contributed by atoms with van der Waals surface area (Å²) in [6.07, 6.45) is 6.34. The van der Waals surface area contributed by atoms with E-state index in [1.807, 2.05) is 10.6 Å². The lowest BCUT2D eigenvalue weighted by Crippen LogP contribution is -2.45. The fourth-order valence-electron chi connectivity index (χ4n) is 4.20. The number of fused-ring (bicyclic) bond motifs is 1. The van der Waals surface area contributed by atoms with Crippen LogP contribution in [0.15, 0.2) is 42.7 Å². The number of Topliss-reactive ketones (excluding diaryl/α,β-unsaturated/α-hetero) is 1. The van der Waals surface area contributed by atoms with Crippen LogP contribution in [0.2, 0.25) is 0 Å². The minimum absolute atomic E-state index is 0.0242.